The molecule has 0 aliphatic carbocycles. The number of nitrogens with two attached hydrogens (primary N) is 1. The molecule has 2 rings (SSSR count). The Balaban J connectivity index is 2.19. The molecule has 0 spiro atoms. The number of hydrogen-bond acceptors (Lipinski definition) is 3. The van der Waals surface area contributed by atoms with Crippen molar-refractivity contribution < 1.29 is 9.53 Å². The van der Waals surface area contributed by atoms with Crippen LogP contribution >= 0.6 is 0 Å². The summed E-state index contributed by atoms with van der Waals surface area (Å²) in [6.45, 7) is 5.36. The number of ether oxygens (including phenoxy) is 1. The molecule has 0 radical (unpaired) electrons. The van der Waals surface area contributed by atoms with Crippen molar-refractivity contribution in [1.82, 2.24) is 4.90 Å². The smallest absolute Gasteiger partial charge is 0.260 e. The highest BCUT2D eigenvalue weighted by atomic mass is 16.5. The van der Waals surface area contributed by atoms with Gasteiger partial charge in [-0.15, -0.1) is 0 Å². The second-order valence-corrected chi connectivity index (χ2v) is 4.55. The van der Waals surface area contributed by atoms with Gasteiger partial charge >= 0.3 is 0 Å². The zero-order chi connectivity index (χ0) is 14.5. The van der Waals surface area contributed by atoms with Crippen molar-refractivity contribution in [1.29, 1.82) is 0 Å². The standard InChI is InChI=1S/C16H20N2O2/c1-3-18(4-2)16(19)11-20-15-10-9-14(17)12-7-5-6-8-13(12)15/h5-10H,3-4,11,17H2,1-2H3. The van der Waals surface area contributed by atoms with Crippen LogP contribution < -0.4 is 10.5 Å². The third kappa shape index (κ3) is 2.85. The molecule has 0 aromatic heterocycles. The Labute approximate surface area is 119 Å². The van der Waals surface area contributed by atoms with E-state index in [0.29, 0.717) is 24.5 Å². The highest BCUT2D eigenvalue weighted by Gasteiger charge is 2.11. The Morgan fingerprint density at radius 1 is 1.10 bits per heavy atom. The lowest BCUT2D eigenvalue weighted by atomic mass is 10.1. The van der Waals surface area contributed by atoms with Crippen LogP contribution in [-0.2, 0) is 4.79 Å². The van der Waals surface area contributed by atoms with Gasteiger partial charge in [-0.1, -0.05) is 24.3 Å². The Hall–Kier alpha value is -2.23. The van der Waals surface area contributed by atoms with E-state index < -0.39 is 0 Å². The van der Waals surface area contributed by atoms with Gasteiger partial charge in [-0.25, -0.2) is 0 Å². The zero-order valence-corrected chi connectivity index (χ0v) is 11.9. The van der Waals surface area contributed by atoms with Gasteiger partial charge in [-0.3, -0.25) is 4.79 Å². The molecular weight excluding hydrogens is 252 g/mol. The molecule has 0 aliphatic rings. The van der Waals surface area contributed by atoms with Crippen molar-refractivity contribution in [2.45, 2.75) is 13.8 Å². The van der Waals surface area contributed by atoms with Crippen molar-refractivity contribution in [2.24, 2.45) is 0 Å². The van der Waals surface area contributed by atoms with E-state index in [9.17, 15) is 4.79 Å². The highest BCUT2D eigenvalue weighted by molar-refractivity contribution is 5.97. The second-order valence-electron chi connectivity index (χ2n) is 4.55. The van der Waals surface area contributed by atoms with E-state index in [0.717, 1.165) is 10.8 Å². The Kier molecular flexibility index (Phi) is 4.45. The number of nitrogen functional groups attached to an aromatic ring is 1. The summed E-state index contributed by atoms with van der Waals surface area (Å²) in [6, 6.07) is 11.4. The number of benzene rings is 2. The number of likely N-dealkylation sites (N-methyl/N-ethyl adjacent to an activating group) is 1. The lowest BCUT2D eigenvalue weighted by Crippen LogP contribution is -2.34. The topological polar surface area (TPSA) is 55.6 Å². The third-order valence-corrected chi connectivity index (χ3v) is 3.39. The van der Waals surface area contributed by atoms with Gasteiger partial charge in [0.05, 0.1) is 0 Å². The minimum atomic E-state index is -0.00379. The van der Waals surface area contributed by atoms with Crippen LogP contribution in [-0.4, -0.2) is 30.5 Å². The van der Waals surface area contributed by atoms with E-state index in [2.05, 4.69) is 0 Å². The normalized spacial score (nSPS) is 10.5. The van der Waals surface area contributed by atoms with E-state index in [4.69, 9.17) is 10.5 Å². The summed E-state index contributed by atoms with van der Waals surface area (Å²) in [5, 5.41) is 1.88. The largest absolute Gasteiger partial charge is 0.483 e. The van der Waals surface area contributed by atoms with E-state index >= 15 is 0 Å². The summed E-state index contributed by atoms with van der Waals surface area (Å²) in [5.74, 6) is 0.686. The molecule has 4 nitrogen and oxygen atoms in total. The molecular formula is C16H20N2O2. The first kappa shape index (κ1) is 14.2. The summed E-state index contributed by atoms with van der Waals surface area (Å²) in [6.07, 6.45) is 0. The van der Waals surface area contributed by atoms with Crippen molar-refractivity contribution >= 4 is 22.4 Å². The van der Waals surface area contributed by atoms with Gasteiger partial charge in [0, 0.05) is 29.5 Å². The number of carbonyl (C=O) groups excluding carboxylic acids is 1. The zero-order valence-electron chi connectivity index (χ0n) is 11.9. The Morgan fingerprint density at radius 2 is 1.75 bits per heavy atom. The number of rotatable bonds is 5. The maximum absolute atomic E-state index is 12.0. The molecule has 0 aliphatic heterocycles. The molecule has 0 bridgehead atoms. The van der Waals surface area contributed by atoms with Gasteiger partial charge in [-0.05, 0) is 26.0 Å². The number of nitrogens with zero attached hydrogens (tertiary/aromatic N) is 1. The van der Waals surface area contributed by atoms with Crippen molar-refractivity contribution in [3.8, 4) is 5.75 Å². The number of anilines is 1. The van der Waals surface area contributed by atoms with E-state index in [-0.39, 0.29) is 12.5 Å². The van der Waals surface area contributed by atoms with Crippen LogP contribution in [0.15, 0.2) is 36.4 Å². The molecule has 0 saturated heterocycles. The van der Waals surface area contributed by atoms with Crippen LogP contribution in [0.4, 0.5) is 5.69 Å². The molecule has 0 heterocycles. The maximum Gasteiger partial charge on any atom is 0.260 e. The quantitative estimate of drug-likeness (QED) is 0.851. The number of hydrogen-bond donors (Lipinski definition) is 1. The molecule has 1 amide bonds. The Bertz CT molecular complexity index is 606. The fraction of sp³-hybridized carbons (Fsp3) is 0.312. The molecule has 2 aromatic carbocycles. The summed E-state index contributed by atoms with van der Waals surface area (Å²) in [5.41, 5.74) is 6.65. The van der Waals surface area contributed by atoms with E-state index in [1.807, 2.05) is 44.2 Å². The minimum Gasteiger partial charge on any atom is -0.483 e. The minimum absolute atomic E-state index is 0.00379. The van der Waals surface area contributed by atoms with Crippen LogP contribution in [0.2, 0.25) is 0 Å². The molecule has 20 heavy (non-hydrogen) atoms. The van der Waals surface area contributed by atoms with Gasteiger partial charge in [-0.2, -0.15) is 0 Å². The molecule has 0 unspecified atom stereocenters. The average Bonchev–Trinajstić information content (AvgIpc) is 2.48. The van der Waals surface area contributed by atoms with E-state index in [1.54, 1.807) is 11.0 Å². The molecule has 0 fully saturated rings. The maximum atomic E-state index is 12.0. The molecule has 4 heteroatoms. The summed E-state index contributed by atoms with van der Waals surface area (Å²) in [4.78, 5) is 13.7. The van der Waals surface area contributed by atoms with Crippen molar-refractivity contribution in [3.05, 3.63) is 36.4 Å². The van der Waals surface area contributed by atoms with Crippen LogP contribution in [0.3, 0.4) is 0 Å². The van der Waals surface area contributed by atoms with Crippen molar-refractivity contribution in [2.75, 3.05) is 25.4 Å². The van der Waals surface area contributed by atoms with Gasteiger partial charge in [0.25, 0.3) is 5.91 Å². The number of carbonyl (C=O) groups is 1. The molecule has 2 aromatic rings. The van der Waals surface area contributed by atoms with Crippen LogP contribution in [0.5, 0.6) is 5.75 Å². The average molecular weight is 272 g/mol. The first-order valence-corrected chi connectivity index (χ1v) is 6.85. The fourth-order valence-electron chi connectivity index (χ4n) is 2.23. The summed E-state index contributed by atoms with van der Waals surface area (Å²) >= 11 is 0. The summed E-state index contributed by atoms with van der Waals surface area (Å²) in [7, 11) is 0. The van der Waals surface area contributed by atoms with Crippen LogP contribution in [0.1, 0.15) is 13.8 Å². The van der Waals surface area contributed by atoms with Gasteiger partial charge in [0.1, 0.15) is 5.75 Å². The van der Waals surface area contributed by atoms with Crippen molar-refractivity contribution in [3.63, 3.8) is 0 Å². The SMILES string of the molecule is CCN(CC)C(=O)COc1ccc(N)c2ccccc12. The number of fused-ring (bicyclic) bond motifs is 1. The van der Waals surface area contributed by atoms with Gasteiger partial charge in [0.15, 0.2) is 6.61 Å². The molecule has 106 valence electrons. The van der Waals surface area contributed by atoms with E-state index in [1.165, 1.54) is 0 Å². The second kappa shape index (κ2) is 6.28. The molecule has 2 N–H and O–H groups in total. The lowest BCUT2D eigenvalue weighted by molar-refractivity contribution is -0.132. The van der Waals surface area contributed by atoms with Gasteiger partial charge < -0.3 is 15.4 Å². The predicted molar refractivity (Wildman–Crippen MR) is 81.8 cm³/mol. The monoisotopic (exact) mass is 272 g/mol. The fourth-order valence-corrected chi connectivity index (χ4v) is 2.23. The highest BCUT2D eigenvalue weighted by Crippen LogP contribution is 2.29. The predicted octanol–water partition coefficient (Wildman–Crippen LogP) is 2.67. The summed E-state index contributed by atoms with van der Waals surface area (Å²) < 4.78 is 5.67. The molecule has 0 saturated carbocycles. The molecule has 0 atom stereocenters. The first-order chi connectivity index (χ1) is 9.67. The lowest BCUT2D eigenvalue weighted by Gasteiger charge is -2.19. The van der Waals surface area contributed by atoms with Gasteiger partial charge in [0.2, 0.25) is 0 Å². The van der Waals surface area contributed by atoms with Crippen LogP contribution in [0.25, 0.3) is 10.8 Å². The Morgan fingerprint density at radius 3 is 2.40 bits per heavy atom. The number of amides is 1. The van der Waals surface area contributed by atoms with Crippen LogP contribution in [0, 0.1) is 0 Å². The first-order valence-electron chi connectivity index (χ1n) is 6.85. The third-order valence-electron chi connectivity index (χ3n) is 3.39.